The summed E-state index contributed by atoms with van der Waals surface area (Å²) in [6.45, 7) is 8.09. The minimum atomic E-state index is -1.54. The predicted octanol–water partition coefficient (Wildman–Crippen LogP) is 2.02. The van der Waals surface area contributed by atoms with Crippen LogP contribution in [0.5, 0.6) is 5.88 Å². The minimum absolute atomic E-state index is 0.000368. The van der Waals surface area contributed by atoms with Gasteiger partial charge < -0.3 is 20.4 Å². The van der Waals surface area contributed by atoms with E-state index in [1.165, 1.54) is 0 Å². The molecule has 0 fully saturated rings. The normalized spacial score (nSPS) is 26.2. The fourth-order valence-electron chi connectivity index (χ4n) is 5.51. The Morgan fingerprint density at radius 3 is 2.72 bits per heavy atom. The van der Waals surface area contributed by atoms with Crippen LogP contribution in [-0.2, 0) is 10.2 Å². The summed E-state index contributed by atoms with van der Waals surface area (Å²) < 4.78 is 5.51. The van der Waals surface area contributed by atoms with Crippen molar-refractivity contribution in [2.75, 3.05) is 4.90 Å². The average molecular weight is 391 g/mol. The number of amides is 1. The fourth-order valence-corrected chi connectivity index (χ4v) is 5.51. The predicted molar refractivity (Wildman–Crippen MR) is 105 cm³/mol. The number of anilines is 1. The molecule has 148 valence electrons. The number of hydrogen-bond acceptors (Lipinski definition) is 5. The van der Waals surface area contributed by atoms with Crippen molar-refractivity contribution >= 4 is 11.6 Å². The first kappa shape index (κ1) is 17.6. The van der Waals surface area contributed by atoms with Crippen molar-refractivity contribution in [2.45, 2.75) is 51.0 Å². The maximum Gasteiger partial charge on any atom is 0.326 e. The number of ether oxygens (including phenoxy) is 1. The molecule has 4 heterocycles. The Morgan fingerprint density at radius 2 is 2.03 bits per heavy atom. The van der Waals surface area contributed by atoms with E-state index in [9.17, 15) is 14.9 Å². The number of aryl methyl sites for hydroxylation is 1. The number of carbonyl (C=O) groups excluding carboxylic acids is 1. The second kappa shape index (κ2) is 5.11. The van der Waals surface area contributed by atoms with Crippen LogP contribution in [0.25, 0.3) is 0 Å². The minimum Gasteiger partial charge on any atom is -0.422 e. The Morgan fingerprint density at radius 1 is 1.31 bits per heavy atom. The fraction of sp³-hybridized carbons (Fsp3) is 0.381. The molecule has 3 aliphatic rings. The zero-order valence-electron chi connectivity index (χ0n) is 16.6. The zero-order valence-corrected chi connectivity index (χ0v) is 16.6. The van der Waals surface area contributed by atoms with Gasteiger partial charge in [-0.15, -0.1) is 0 Å². The molecule has 2 atom stereocenters. The molecule has 8 heteroatoms. The van der Waals surface area contributed by atoms with Crippen molar-refractivity contribution in [2.24, 2.45) is 5.73 Å². The van der Waals surface area contributed by atoms with Crippen molar-refractivity contribution in [3.63, 3.8) is 0 Å². The van der Waals surface area contributed by atoms with Gasteiger partial charge in [-0.05, 0) is 44.2 Å². The Bertz CT molecular complexity index is 1240. The second-order valence-electron chi connectivity index (χ2n) is 8.74. The molecule has 29 heavy (non-hydrogen) atoms. The van der Waals surface area contributed by atoms with Crippen LogP contribution in [0.4, 0.5) is 5.69 Å². The number of benzene rings is 1. The highest BCUT2D eigenvalue weighted by molar-refractivity contribution is 6.16. The Hall–Kier alpha value is -3.47. The maximum absolute atomic E-state index is 14.2. The lowest BCUT2D eigenvalue weighted by atomic mass is 9.70. The summed E-state index contributed by atoms with van der Waals surface area (Å²) in [4.78, 5) is 33.4. The van der Waals surface area contributed by atoms with Gasteiger partial charge in [0.15, 0.2) is 5.41 Å². The smallest absolute Gasteiger partial charge is 0.326 e. The summed E-state index contributed by atoms with van der Waals surface area (Å²) >= 11 is 0. The van der Waals surface area contributed by atoms with Gasteiger partial charge in [0.25, 0.3) is 0 Å². The summed E-state index contributed by atoms with van der Waals surface area (Å²) in [5.41, 5.74) is 7.20. The van der Waals surface area contributed by atoms with Gasteiger partial charge in [-0.2, -0.15) is 5.26 Å². The number of imidazole rings is 1. The van der Waals surface area contributed by atoms with Crippen LogP contribution in [0.1, 0.15) is 55.5 Å². The number of hydrogen-bond donors (Lipinski definition) is 3. The van der Waals surface area contributed by atoms with E-state index in [0.29, 0.717) is 5.56 Å². The first-order valence-corrected chi connectivity index (χ1v) is 9.54. The van der Waals surface area contributed by atoms with E-state index in [-0.39, 0.29) is 34.9 Å². The van der Waals surface area contributed by atoms with Gasteiger partial charge in [0.05, 0.1) is 5.69 Å². The number of nitriles is 1. The third kappa shape index (κ3) is 1.83. The third-order valence-electron chi connectivity index (χ3n) is 6.49. The molecule has 0 saturated heterocycles. The van der Waals surface area contributed by atoms with Crippen molar-refractivity contribution in [3.8, 4) is 11.9 Å². The lowest BCUT2D eigenvalue weighted by molar-refractivity contribution is -0.122. The summed E-state index contributed by atoms with van der Waals surface area (Å²) in [5, 5.41) is 10.0. The van der Waals surface area contributed by atoms with E-state index >= 15 is 0 Å². The number of H-pyrrole nitrogens is 2. The van der Waals surface area contributed by atoms with Crippen LogP contribution in [-0.4, -0.2) is 21.4 Å². The van der Waals surface area contributed by atoms with Crippen LogP contribution in [0.3, 0.4) is 0 Å². The molecule has 8 nitrogen and oxygen atoms in total. The quantitative estimate of drug-likeness (QED) is 0.633. The van der Waals surface area contributed by atoms with Gasteiger partial charge >= 0.3 is 5.69 Å². The lowest BCUT2D eigenvalue weighted by Gasteiger charge is -2.44. The zero-order chi connectivity index (χ0) is 20.9. The molecule has 0 aliphatic carbocycles. The van der Waals surface area contributed by atoms with Crippen molar-refractivity contribution in [3.05, 3.63) is 56.5 Å². The van der Waals surface area contributed by atoms with E-state index in [1.807, 2.05) is 32.9 Å². The van der Waals surface area contributed by atoms with Gasteiger partial charge in [0.2, 0.25) is 17.7 Å². The van der Waals surface area contributed by atoms with Gasteiger partial charge in [0, 0.05) is 11.1 Å². The lowest BCUT2D eigenvalue weighted by Crippen LogP contribution is -2.54. The summed E-state index contributed by atoms with van der Waals surface area (Å²) in [5.74, 6) is -0.164. The van der Waals surface area contributed by atoms with E-state index in [2.05, 4.69) is 23.0 Å². The summed E-state index contributed by atoms with van der Waals surface area (Å²) in [6, 6.07) is 6.12. The standard InChI is InChI=1S/C21H21N5O3/c1-9-5-6-11-10(2)7-20(3,4)26-14(11)13(9)21(18(26)27)12(8-22)16(23)29-17-15(21)24-19(28)25-17/h5-6,10H,7,23H2,1-4H3,(H2,24,25,28)/t10-,21-/m0/s1. The molecule has 3 aliphatic heterocycles. The SMILES string of the molecule is Cc1ccc2c3c1[C@@]1(C(=O)N3C(C)(C)C[C@@H]2C)C(C#N)=C(N)Oc2[nH]c(=O)[nH]c21. The number of rotatable bonds is 0. The number of nitrogens with zero attached hydrogens (tertiary/aromatic N) is 2. The molecule has 4 N–H and O–H groups in total. The van der Waals surface area contributed by atoms with Crippen molar-refractivity contribution in [1.82, 2.24) is 9.97 Å². The van der Waals surface area contributed by atoms with E-state index < -0.39 is 16.6 Å². The highest BCUT2D eigenvalue weighted by Crippen LogP contribution is 2.60. The second-order valence-corrected chi connectivity index (χ2v) is 8.74. The largest absolute Gasteiger partial charge is 0.422 e. The average Bonchev–Trinajstić information content (AvgIpc) is 3.11. The number of aromatic nitrogens is 2. The van der Waals surface area contributed by atoms with E-state index in [1.54, 1.807) is 4.90 Å². The third-order valence-corrected chi connectivity index (χ3v) is 6.49. The van der Waals surface area contributed by atoms with Crippen LogP contribution in [0.2, 0.25) is 0 Å². The molecule has 0 unspecified atom stereocenters. The number of carbonyl (C=O) groups is 1. The van der Waals surface area contributed by atoms with Crippen LogP contribution < -0.4 is 21.1 Å². The monoisotopic (exact) mass is 391 g/mol. The molecule has 1 amide bonds. The maximum atomic E-state index is 14.2. The number of fused-ring (bicyclic) bond motifs is 3. The molecular weight excluding hydrogens is 370 g/mol. The van der Waals surface area contributed by atoms with E-state index in [0.717, 1.165) is 23.2 Å². The first-order valence-electron chi connectivity index (χ1n) is 9.54. The Labute approximate surface area is 167 Å². The van der Waals surface area contributed by atoms with Gasteiger partial charge in [-0.25, -0.2) is 4.79 Å². The number of aromatic amines is 2. The number of nitrogens with two attached hydrogens (primary N) is 1. The molecule has 2 aromatic rings. The summed E-state index contributed by atoms with van der Waals surface area (Å²) in [7, 11) is 0. The van der Waals surface area contributed by atoms with Gasteiger partial charge in [-0.3, -0.25) is 9.78 Å². The Balaban J connectivity index is 2.01. The topological polar surface area (TPSA) is 128 Å². The molecule has 5 rings (SSSR count). The molecule has 1 aromatic carbocycles. The molecule has 0 bridgehead atoms. The van der Waals surface area contributed by atoms with Crippen LogP contribution >= 0.6 is 0 Å². The van der Waals surface area contributed by atoms with Crippen molar-refractivity contribution in [1.29, 1.82) is 5.26 Å². The van der Waals surface area contributed by atoms with Gasteiger partial charge in [-0.1, -0.05) is 19.1 Å². The van der Waals surface area contributed by atoms with E-state index in [4.69, 9.17) is 10.5 Å². The highest BCUT2D eigenvalue weighted by Gasteiger charge is 2.64. The molecular formula is C21H21N5O3. The molecule has 0 radical (unpaired) electrons. The molecule has 1 aromatic heterocycles. The number of nitrogens with one attached hydrogen (secondary N) is 2. The summed E-state index contributed by atoms with van der Waals surface area (Å²) in [6.07, 6.45) is 0.776. The van der Waals surface area contributed by atoms with Crippen LogP contribution in [0.15, 0.2) is 28.4 Å². The Kier molecular flexibility index (Phi) is 3.11. The first-order chi connectivity index (χ1) is 13.6. The van der Waals surface area contributed by atoms with Crippen molar-refractivity contribution < 1.29 is 9.53 Å². The highest BCUT2D eigenvalue weighted by atomic mass is 16.5. The molecule has 0 saturated carbocycles. The molecule has 1 spiro atoms. The van der Waals surface area contributed by atoms with Crippen LogP contribution in [0, 0.1) is 18.3 Å². The van der Waals surface area contributed by atoms with Gasteiger partial charge in [0.1, 0.15) is 17.3 Å².